The summed E-state index contributed by atoms with van der Waals surface area (Å²) >= 11 is 0. The summed E-state index contributed by atoms with van der Waals surface area (Å²) in [6.07, 6.45) is 9.33. The maximum Gasteiger partial charge on any atom is 0.123 e. The lowest BCUT2D eigenvalue weighted by Crippen LogP contribution is -2.27. The van der Waals surface area contributed by atoms with E-state index in [4.69, 9.17) is 4.74 Å². The van der Waals surface area contributed by atoms with E-state index < -0.39 is 0 Å². The molecule has 0 saturated carbocycles. The smallest absolute Gasteiger partial charge is 0.123 e. The summed E-state index contributed by atoms with van der Waals surface area (Å²) in [5.41, 5.74) is 1.47. The number of methoxy groups -OCH3 is 1. The fraction of sp³-hybridized carbons (Fsp3) is 0.812. The Hall–Kier alpha value is -0.630. The van der Waals surface area contributed by atoms with Crippen molar-refractivity contribution in [2.45, 2.75) is 59.0 Å². The number of aldehydes is 1. The molecule has 1 aliphatic carbocycles. The molecule has 4 atom stereocenters. The minimum atomic E-state index is 0.141. The van der Waals surface area contributed by atoms with Gasteiger partial charge in [-0.2, -0.15) is 0 Å². The van der Waals surface area contributed by atoms with Gasteiger partial charge in [0.15, 0.2) is 0 Å². The summed E-state index contributed by atoms with van der Waals surface area (Å²) in [5, 5.41) is 0. The van der Waals surface area contributed by atoms with Gasteiger partial charge in [0.2, 0.25) is 0 Å². The van der Waals surface area contributed by atoms with Gasteiger partial charge in [0, 0.05) is 13.0 Å². The molecule has 18 heavy (non-hydrogen) atoms. The van der Waals surface area contributed by atoms with Crippen molar-refractivity contribution in [3.63, 3.8) is 0 Å². The van der Waals surface area contributed by atoms with Crippen LogP contribution in [0.3, 0.4) is 0 Å². The Balaban J connectivity index is 2.79. The third-order valence-electron chi connectivity index (χ3n) is 4.45. The van der Waals surface area contributed by atoms with Crippen LogP contribution in [0, 0.1) is 17.8 Å². The van der Waals surface area contributed by atoms with Crippen LogP contribution >= 0.6 is 0 Å². The molecule has 0 fully saturated rings. The first-order valence-electron chi connectivity index (χ1n) is 7.22. The molecular formula is C16H28O2. The van der Waals surface area contributed by atoms with Crippen LogP contribution in [0.15, 0.2) is 11.6 Å². The van der Waals surface area contributed by atoms with Crippen LogP contribution in [0.5, 0.6) is 0 Å². The van der Waals surface area contributed by atoms with E-state index in [1.807, 2.05) is 6.92 Å². The minimum absolute atomic E-state index is 0.141. The number of carbonyl (C=O) groups excluding carboxylic acids is 1. The topological polar surface area (TPSA) is 26.3 Å². The molecule has 1 rings (SSSR count). The van der Waals surface area contributed by atoms with Crippen molar-refractivity contribution in [1.82, 2.24) is 0 Å². The van der Waals surface area contributed by atoms with Crippen molar-refractivity contribution < 1.29 is 9.53 Å². The first kappa shape index (κ1) is 15.4. The highest BCUT2D eigenvalue weighted by molar-refractivity contribution is 5.53. The van der Waals surface area contributed by atoms with Crippen molar-refractivity contribution in [3.8, 4) is 0 Å². The lowest BCUT2D eigenvalue weighted by atomic mass is 9.80. The maximum absolute atomic E-state index is 11.1. The zero-order valence-electron chi connectivity index (χ0n) is 12.3. The molecule has 0 aromatic rings. The van der Waals surface area contributed by atoms with E-state index in [1.165, 1.54) is 12.0 Å². The van der Waals surface area contributed by atoms with Crippen LogP contribution in [0.1, 0.15) is 52.9 Å². The van der Waals surface area contributed by atoms with E-state index in [0.29, 0.717) is 17.9 Å². The fourth-order valence-electron chi connectivity index (χ4n) is 2.86. The molecule has 0 aliphatic heterocycles. The van der Waals surface area contributed by atoms with Crippen molar-refractivity contribution in [2.75, 3.05) is 7.11 Å². The summed E-state index contributed by atoms with van der Waals surface area (Å²) in [7, 11) is 1.80. The molecule has 2 heteroatoms. The maximum atomic E-state index is 11.1. The van der Waals surface area contributed by atoms with Gasteiger partial charge in [-0.25, -0.2) is 0 Å². The molecule has 0 spiro atoms. The SMILES string of the molecule is COC1CC([C@H](C)C=O)CC/C(C)=C/CCC1C. The Morgan fingerprint density at radius 2 is 2.17 bits per heavy atom. The molecule has 0 N–H and O–H groups in total. The van der Waals surface area contributed by atoms with Crippen LogP contribution in [-0.2, 0) is 9.53 Å². The normalized spacial score (nSPS) is 35.3. The summed E-state index contributed by atoms with van der Waals surface area (Å²) in [6.45, 7) is 6.52. The van der Waals surface area contributed by atoms with Gasteiger partial charge >= 0.3 is 0 Å². The first-order valence-corrected chi connectivity index (χ1v) is 7.22. The molecule has 104 valence electrons. The highest BCUT2D eigenvalue weighted by Gasteiger charge is 2.25. The number of hydrogen-bond donors (Lipinski definition) is 0. The Labute approximate surface area is 112 Å². The second-order valence-corrected chi connectivity index (χ2v) is 5.91. The Morgan fingerprint density at radius 1 is 1.44 bits per heavy atom. The van der Waals surface area contributed by atoms with Crippen LogP contribution in [0.4, 0.5) is 0 Å². The molecule has 0 amide bonds. The van der Waals surface area contributed by atoms with E-state index in [-0.39, 0.29) is 5.92 Å². The Kier molecular flexibility index (Phi) is 6.62. The number of rotatable bonds is 3. The highest BCUT2D eigenvalue weighted by Crippen LogP contribution is 2.30. The van der Waals surface area contributed by atoms with Crippen molar-refractivity contribution in [2.24, 2.45) is 17.8 Å². The van der Waals surface area contributed by atoms with E-state index in [1.54, 1.807) is 7.11 Å². The van der Waals surface area contributed by atoms with Gasteiger partial charge in [0.1, 0.15) is 6.29 Å². The molecule has 0 bridgehead atoms. The number of carbonyl (C=O) groups is 1. The van der Waals surface area contributed by atoms with Gasteiger partial charge in [-0.05, 0) is 50.9 Å². The molecule has 1 aliphatic rings. The van der Waals surface area contributed by atoms with Gasteiger partial charge in [0.25, 0.3) is 0 Å². The van der Waals surface area contributed by atoms with Gasteiger partial charge in [-0.15, -0.1) is 0 Å². The van der Waals surface area contributed by atoms with Crippen LogP contribution in [0.25, 0.3) is 0 Å². The molecule has 2 nitrogen and oxygen atoms in total. The van der Waals surface area contributed by atoms with Crippen LogP contribution < -0.4 is 0 Å². The fourth-order valence-corrected chi connectivity index (χ4v) is 2.86. The van der Waals surface area contributed by atoms with Crippen LogP contribution in [0.2, 0.25) is 0 Å². The average Bonchev–Trinajstić information content (AvgIpc) is 2.37. The van der Waals surface area contributed by atoms with E-state index in [9.17, 15) is 4.79 Å². The highest BCUT2D eigenvalue weighted by atomic mass is 16.5. The summed E-state index contributed by atoms with van der Waals surface area (Å²) in [5.74, 6) is 1.16. The molecular weight excluding hydrogens is 224 g/mol. The first-order chi connectivity index (χ1) is 8.58. The summed E-state index contributed by atoms with van der Waals surface area (Å²) in [4.78, 5) is 11.1. The molecule has 0 heterocycles. The number of hydrogen-bond acceptors (Lipinski definition) is 2. The summed E-state index contributed by atoms with van der Waals surface area (Å²) < 4.78 is 5.65. The van der Waals surface area contributed by atoms with Crippen molar-refractivity contribution in [1.29, 1.82) is 0 Å². The second kappa shape index (κ2) is 7.73. The third kappa shape index (κ3) is 4.56. The second-order valence-electron chi connectivity index (χ2n) is 5.91. The van der Waals surface area contributed by atoms with E-state index in [2.05, 4.69) is 19.9 Å². The summed E-state index contributed by atoms with van der Waals surface area (Å²) in [6, 6.07) is 0. The molecule has 0 aromatic heterocycles. The number of allylic oxidation sites excluding steroid dienone is 2. The Morgan fingerprint density at radius 3 is 2.78 bits per heavy atom. The molecule has 0 radical (unpaired) electrons. The largest absolute Gasteiger partial charge is 0.381 e. The standard InChI is InChI=1S/C16H28O2/c1-12-6-5-7-13(2)16(18-4)10-15(9-8-12)14(3)11-17/h6,11,13-16H,5,7-10H2,1-4H3/b12-6+/t13?,14-,15?,16?/m1/s1. The number of ether oxygens (including phenoxy) is 1. The van der Waals surface area contributed by atoms with Crippen molar-refractivity contribution in [3.05, 3.63) is 11.6 Å². The average molecular weight is 252 g/mol. The third-order valence-corrected chi connectivity index (χ3v) is 4.45. The zero-order valence-corrected chi connectivity index (χ0v) is 12.3. The molecule has 0 saturated heterocycles. The van der Waals surface area contributed by atoms with Gasteiger partial charge in [-0.1, -0.05) is 25.5 Å². The van der Waals surface area contributed by atoms with E-state index in [0.717, 1.165) is 32.0 Å². The predicted molar refractivity (Wildman–Crippen MR) is 75.5 cm³/mol. The molecule has 0 aromatic carbocycles. The monoisotopic (exact) mass is 252 g/mol. The van der Waals surface area contributed by atoms with Crippen LogP contribution in [-0.4, -0.2) is 19.5 Å². The molecule has 3 unspecified atom stereocenters. The van der Waals surface area contributed by atoms with Gasteiger partial charge in [0.05, 0.1) is 6.10 Å². The van der Waals surface area contributed by atoms with E-state index >= 15 is 0 Å². The predicted octanol–water partition coefficient (Wildman–Crippen LogP) is 4.00. The van der Waals surface area contributed by atoms with Gasteiger partial charge < -0.3 is 9.53 Å². The Bertz CT molecular complexity index is 283. The lowest BCUT2D eigenvalue weighted by molar-refractivity contribution is -0.112. The van der Waals surface area contributed by atoms with Crippen molar-refractivity contribution >= 4 is 6.29 Å². The zero-order chi connectivity index (χ0) is 13.5. The quantitative estimate of drug-likeness (QED) is 0.560. The lowest BCUT2D eigenvalue weighted by Gasteiger charge is -2.29. The minimum Gasteiger partial charge on any atom is -0.381 e. The van der Waals surface area contributed by atoms with Gasteiger partial charge in [-0.3, -0.25) is 0 Å².